The number of carbonyl (C=O) groups excluding carboxylic acids is 2. The molecular weight excluding hydrogens is 266 g/mol. The van der Waals surface area contributed by atoms with Crippen LogP contribution in [0.1, 0.15) is 12.0 Å². The van der Waals surface area contributed by atoms with Gasteiger partial charge in [0.25, 0.3) is 0 Å². The second-order valence-corrected chi connectivity index (χ2v) is 4.05. The fourth-order valence-corrected chi connectivity index (χ4v) is 1.47. The lowest BCUT2D eigenvalue weighted by molar-refractivity contribution is -0.132. The van der Waals surface area contributed by atoms with E-state index >= 15 is 0 Å². The minimum Gasteiger partial charge on any atom is -0.347 e. The molecule has 106 valence electrons. The van der Waals surface area contributed by atoms with Gasteiger partial charge in [-0.25, -0.2) is 0 Å². The number of hydrogen-bond acceptors (Lipinski definition) is 3. The van der Waals surface area contributed by atoms with E-state index in [1.54, 1.807) is 11.9 Å². The number of likely N-dealkylation sites (N-methyl/N-ethyl adjacent to an activating group) is 1. The summed E-state index contributed by atoms with van der Waals surface area (Å²) in [5.41, 5.74) is 6.30. The van der Waals surface area contributed by atoms with Crippen molar-refractivity contribution < 1.29 is 9.59 Å². The number of nitrogens with two attached hydrogens (primary N) is 1. The molecule has 0 heterocycles. The summed E-state index contributed by atoms with van der Waals surface area (Å²) in [5, 5.41) is 2.54. The summed E-state index contributed by atoms with van der Waals surface area (Å²) >= 11 is 0. The van der Waals surface area contributed by atoms with Crippen molar-refractivity contribution in [3.63, 3.8) is 0 Å². The van der Waals surface area contributed by atoms with E-state index in [-0.39, 0.29) is 37.2 Å². The molecule has 1 aromatic rings. The van der Waals surface area contributed by atoms with Crippen molar-refractivity contribution in [2.75, 3.05) is 20.1 Å². The van der Waals surface area contributed by atoms with Gasteiger partial charge in [-0.2, -0.15) is 0 Å². The van der Waals surface area contributed by atoms with Gasteiger partial charge < -0.3 is 16.0 Å². The van der Waals surface area contributed by atoms with E-state index in [2.05, 4.69) is 5.32 Å². The molecular formula is C13H20ClN3O2. The molecule has 5 nitrogen and oxygen atoms in total. The van der Waals surface area contributed by atoms with Crippen LogP contribution in [0.5, 0.6) is 0 Å². The van der Waals surface area contributed by atoms with Crippen molar-refractivity contribution in [3.8, 4) is 0 Å². The van der Waals surface area contributed by atoms with E-state index < -0.39 is 0 Å². The first kappa shape index (κ1) is 17.4. The lowest BCUT2D eigenvalue weighted by atomic mass is 10.2. The minimum atomic E-state index is -0.195. The number of hydrogen-bond donors (Lipinski definition) is 2. The van der Waals surface area contributed by atoms with Crippen LogP contribution in [-0.2, 0) is 16.1 Å². The molecule has 0 atom stereocenters. The summed E-state index contributed by atoms with van der Waals surface area (Å²) in [7, 11) is 1.71. The molecule has 0 aromatic heterocycles. The smallest absolute Gasteiger partial charge is 0.242 e. The van der Waals surface area contributed by atoms with E-state index in [0.717, 1.165) is 5.56 Å². The molecule has 0 saturated heterocycles. The second kappa shape index (κ2) is 9.35. The third-order valence-electron chi connectivity index (χ3n) is 2.50. The molecule has 1 aromatic carbocycles. The van der Waals surface area contributed by atoms with Crippen molar-refractivity contribution >= 4 is 24.2 Å². The number of nitrogens with one attached hydrogen (secondary N) is 1. The van der Waals surface area contributed by atoms with E-state index in [4.69, 9.17) is 5.73 Å². The van der Waals surface area contributed by atoms with Crippen molar-refractivity contribution in [2.24, 2.45) is 5.73 Å². The van der Waals surface area contributed by atoms with Crippen molar-refractivity contribution in [1.82, 2.24) is 10.2 Å². The minimum absolute atomic E-state index is 0. The molecule has 0 aliphatic carbocycles. The fourth-order valence-electron chi connectivity index (χ4n) is 1.47. The molecule has 6 heteroatoms. The Morgan fingerprint density at radius 3 is 2.47 bits per heavy atom. The van der Waals surface area contributed by atoms with Gasteiger partial charge in [0, 0.05) is 26.6 Å². The summed E-state index contributed by atoms with van der Waals surface area (Å²) in [4.78, 5) is 24.5. The zero-order valence-corrected chi connectivity index (χ0v) is 11.8. The highest BCUT2D eigenvalue weighted by Gasteiger charge is 2.10. The maximum Gasteiger partial charge on any atom is 0.242 e. The van der Waals surface area contributed by atoms with Crippen molar-refractivity contribution in [3.05, 3.63) is 35.9 Å². The highest BCUT2D eigenvalue weighted by molar-refractivity contribution is 5.85. The standard InChI is InChI=1S/C13H19N3O2.ClH/c1-16(10-11-5-3-2-4-6-11)13(18)9-15-12(17)7-8-14;/h2-6H,7-10,14H2,1H3,(H,15,17);1H. The van der Waals surface area contributed by atoms with Gasteiger partial charge >= 0.3 is 0 Å². The molecule has 0 aliphatic heterocycles. The Balaban J connectivity index is 0.00000324. The normalized spacial score (nSPS) is 9.37. The van der Waals surface area contributed by atoms with Gasteiger partial charge in [-0.15, -0.1) is 12.4 Å². The monoisotopic (exact) mass is 285 g/mol. The molecule has 19 heavy (non-hydrogen) atoms. The first-order chi connectivity index (χ1) is 8.63. The number of rotatable bonds is 6. The molecule has 0 spiro atoms. The van der Waals surface area contributed by atoms with Crippen LogP contribution in [0.15, 0.2) is 30.3 Å². The zero-order valence-electron chi connectivity index (χ0n) is 11.0. The molecule has 1 rings (SSSR count). The number of halogens is 1. The van der Waals surface area contributed by atoms with Gasteiger partial charge in [0.15, 0.2) is 0 Å². The highest BCUT2D eigenvalue weighted by Crippen LogP contribution is 2.02. The fraction of sp³-hybridized carbons (Fsp3) is 0.385. The van der Waals surface area contributed by atoms with Crippen LogP contribution in [0.25, 0.3) is 0 Å². The summed E-state index contributed by atoms with van der Waals surface area (Å²) in [6.45, 7) is 0.842. The van der Waals surface area contributed by atoms with Crippen molar-refractivity contribution in [2.45, 2.75) is 13.0 Å². The molecule has 3 N–H and O–H groups in total. The van der Waals surface area contributed by atoms with Gasteiger partial charge in [-0.05, 0) is 5.56 Å². The van der Waals surface area contributed by atoms with Crippen molar-refractivity contribution in [1.29, 1.82) is 0 Å². The Morgan fingerprint density at radius 1 is 1.26 bits per heavy atom. The first-order valence-corrected chi connectivity index (χ1v) is 5.88. The average molecular weight is 286 g/mol. The van der Waals surface area contributed by atoms with Crippen LogP contribution in [0, 0.1) is 0 Å². The Bertz CT molecular complexity index is 398. The summed E-state index contributed by atoms with van der Waals surface area (Å²) in [6, 6.07) is 9.69. The number of carbonyl (C=O) groups is 2. The van der Waals surface area contributed by atoms with Gasteiger partial charge in [0.05, 0.1) is 6.54 Å². The number of nitrogens with zero attached hydrogens (tertiary/aromatic N) is 1. The zero-order chi connectivity index (χ0) is 13.4. The Hall–Kier alpha value is -1.59. The highest BCUT2D eigenvalue weighted by atomic mass is 35.5. The summed E-state index contributed by atoms with van der Waals surface area (Å²) in [6.07, 6.45) is 0.246. The van der Waals surface area contributed by atoms with Gasteiger partial charge in [-0.1, -0.05) is 30.3 Å². The maximum atomic E-state index is 11.7. The largest absolute Gasteiger partial charge is 0.347 e. The van der Waals surface area contributed by atoms with Crippen LogP contribution >= 0.6 is 12.4 Å². The van der Waals surface area contributed by atoms with Crippen LogP contribution in [-0.4, -0.2) is 36.9 Å². The summed E-state index contributed by atoms with van der Waals surface area (Å²) < 4.78 is 0. The molecule has 0 fully saturated rings. The van der Waals surface area contributed by atoms with E-state index in [1.807, 2.05) is 30.3 Å². The lowest BCUT2D eigenvalue weighted by Gasteiger charge is -2.17. The predicted molar refractivity (Wildman–Crippen MR) is 76.8 cm³/mol. The SMILES string of the molecule is CN(Cc1ccccc1)C(=O)CNC(=O)CCN.Cl. The third-order valence-corrected chi connectivity index (χ3v) is 2.50. The molecule has 0 bridgehead atoms. The molecule has 0 radical (unpaired) electrons. The third kappa shape index (κ3) is 6.79. The Morgan fingerprint density at radius 2 is 1.89 bits per heavy atom. The first-order valence-electron chi connectivity index (χ1n) is 5.88. The molecule has 0 saturated carbocycles. The summed E-state index contributed by atoms with van der Waals surface area (Å²) in [5.74, 6) is -0.316. The average Bonchev–Trinajstić information content (AvgIpc) is 2.37. The molecule has 0 unspecified atom stereocenters. The van der Waals surface area contributed by atoms with Crippen LogP contribution < -0.4 is 11.1 Å². The maximum absolute atomic E-state index is 11.7. The molecule has 2 amide bonds. The van der Waals surface area contributed by atoms with Gasteiger partial charge in [-0.3, -0.25) is 9.59 Å². The quantitative estimate of drug-likeness (QED) is 0.801. The van der Waals surface area contributed by atoms with Crippen LogP contribution in [0.3, 0.4) is 0 Å². The van der Waals surface area contributed by atoms with E-state index in [9.17, 15) is 9.59 Å². The predicted octanol–water partition coefficient (Wildman–Crippen LogP) is 0.532. The second-order valence-electron chi connectivity index (χ2n) is 4.05. The number of benzene rings is 1. The van der Waals surface area contributed by atoms with Crippen LogP contribution in [0.4, 0.5) is 0 Å². The Kier molecular flexibility index (Phi) is 8.57. The van der Waals surface area contributed by atoms with Gasteiger partial charge in [0.1, 0.15) is 0 Å². The lowest BCUT2D eigenvalue weighted by Crippen LogP contribution is -2.38. The topological polar surface area (TPSA) is 75.4 Å². The molecule has 0 aliphatic rings. The van der Waals surface area contributed by atoms with Crippen LogP contribution in [0.2, 0.25) is 0 Å². The number of amides is 2. The Labute approximate surface area is 119 Å². The van der Waals surface area contributed by atoms with Gasteiger partial charge in [0.2, 0.25) is 11.8 Å². The van der Waals surface area contributed by atoms with E-state index in [1.165, 1.54) is 0 Å². The van der Waals surface area contributed by atoms with E-state index in [0.29, 0.717) is 13.1 Å².